The first-order chi connectivity index (χ1) is 17.3. The number of anilines is 2. The molecular formula is C29H33N7. The van der Waals surface area contributed by atoms with Crippen LogP contribution in [0, 0.1) is 23.7 Å². The van der Waals surface area contributed by atoms with Crippen molar-refractivity contribution in [1.82, 2.24) is 9.88 Å². The zero-order chi connectivity index (χ0) is 25.7. The number of aromatic nitrogens is 1. The lowest BCUT2D eigenvalue weighted by atomic mass is 9.89. The van der Waals surface area contributed by atoms with Gasteiger partial charge in [0.2, 0.25) is 0 Å². The van der Waals surface area contributed by atoms with Crippen LogP contribution in [0.5, 0.6) is 0 Å². The van der Waals surface area contributed by atoms with Gasteiger partial charge in [-0.15, -0.1) is 0 Å². The second-order valence-electron chi connectivity index (χ2n) is 9.54. The van der Waals surface area contributed by atoms with Gasteiger partial charge in [-0.2, -0.15) is 5.26 Å². The standard InChI is InChI=1S/C29H33N7/c1-19(2)34-28(31)25-10-11-27(33-18-25)35-26-16-24(7-4-20(26)3)29(32)36-14-12-23(13-15-36)22-8-5-21(17-30)6-9-22/h4-11,16,18-19,23,32H,12-15H2,1-3H3,(H2,31,34)(H,33,35). The molecule has 4 rings (SSSR count). The minimum absolute atomic E-state index is 0.130. The fourth-order valence-corrected chi connectivity index (χ4v) is 4.46. The van der Waals surface area contributed by atoms with Crippen molar-refractivity contribution in [3.8, 4) is 6.07 Å². The molecule has 1 fully saturated rings. The average Bonchev–Trinajstić information content (AvgIpc) is 2.89. The largest absolute Gasteiger partial charge is 0.383 e. The number of aryl methyl sites for hydroxylation is 1. The molecule has 1 aliphatic heterocycles. The van der Waals surface area contributed by atoms with Crippen LogP contribution in [0.1, 0.15) is 60.4 Å². The number of nitrogens with one attached hydrogen (secondary N) is 2. The van der Waals surface area contributed by atoms with Gasteiger partial charge in [0, 0.05) is 42.1 Å². The molecule has 1 aromatic heterocycles. The van der Waals surface area contributed by atoms with E-state index in [1.807, 2.05) is 63.2 Å². The lowest BCUT2D eigenvalue weighted by Crippen LogP contribution is -2.38. The summed E-state index contributed by atoms with van der Waals surface area (Å²) < 4.78 is 0. The number of nitriles is 1. The van der Waals surface area contributed by atoms with E-state index >= 15 is 0 Å². The zero-order valence-electron chi connectivity index (χ0n) is 21.1. The van der Waals surface area contributed by atoms with E-state index in [9.17, 15) is 0 Å². The highest BCUT2D eigenvalue weighted by atomic mass is 15.2. The molecule has 0 aliphatic carbocycles. The summed E-state index contributed by atoms with van der Waals surface area (Å²) in [5.41, 5.74) is 11.7. The van der Waals surface area contributed by atoms with Gasteiger partial charge in [-0.05, 0) is 81.0 Å². The highest BCUT2D eigenvalue weighted by Crippen LogP contribution is 2.29. The molecule has 0 atom stereocenters. The number of pyridine rings is 1. The molecule has 7 nitrogen and oxygen atoms in total. The van der Waals surface area contributed by atoms with Crippen LogP contribution in [0.2, 0.25) is 0 Å². The number of benzene rings is 2. The Labute approximate surface area is 213 Å². The van der Waals surface area contributed by atoms with E-state index in [-0.39, 0.29) is 6.04 Å². The van der Waals surface area contributed by atoms with Crippen molar-refractivity contribution in [3.05, 3.63) is 88.6 Å². The molecule has 0 amide bonds. The second kappa shape index (κ2) is 11.0. The maximum atomic E-state index is 9.02. The maximum Gasteiger partial charge on any atom is 0.130 e. The molecule has 184 valence electrons. The second-order valence-corrected chi connectivity index (χ2v) is 9.54. The summed E-state index contributed by atoms with van der Waals surface area (Å²) in [5.74, 6) is 2.20. The summed E-state index contributed by atoms with van der Waals surface area (Å²) in [6.07, 6.45) is 3.71. The number of amidine groups is 2. The zero-order valence-corrected chi connectivity index (χ0v) is 21.1. The van der Waals surface area contributed by atoms with E-state index in [0.29, 0.717) is 29.0 Å². The Morgan fingerprint density at radius 1 is 1.11 bits per heavy atom. The Bertz CT molecular complexity index is 1280. The number of nitrogens with zero attached hydrogens (tertiary/aromatic N) is 4. The van der Waals surface area contributed by atoms with Crippen LogP contribution in [0.4, 0.5) is 11.5 Å². The Kier molecular flexibility index (Phi) is 7.65. The average molecular weight is 480 g/mol. The molecule has 0 saturated carbocycles. The van der Waals surface area contributed by atoms with Crippen molar-refractivity contribution in [2.75, 3.05) is 18.4 Å². The lowest BCUT2D eigenvalue weighted by molar-refractivity contribution is 0.312. The smallest absolute Gasteiger partial charge is 0.130 e. The molecule has 2 heterocycles. The van der Waals surface area contributed by atoms with Crippen molar-refractivity contribution < 1.29 is 0 Å². The van der Waals surface area contributed by atoms with Crippen molar-refractivity contribution in [2.45, 2.75) is 45.6 Å². The molecule has 0 spiro atoms. The van der Waals surface area contributed by atoms with Gasteiger partial charge in [0.15, 0.2) is 0 Å². The van der Waals surface area contributed by atoms with Gasteiger partial charge in [-0.25, -0.2) is 4.98 Å². The number of hydrogen-bond acceptors (Lipinski definition) is 5. The van der Waals surface area contributed by atoms with Crippen molar-refractivity contribution >= 4 is 23.2 Å². The number of aliphatic imine (C=N–C) groups is 1. The molecule has 7 heteroatoms. The van der Waals surface area contributed by atoms with Crippen molar-refractivity contribution in [2.24, 2.45) is 10.7 Å². The molecule has 0 unspecified atom stereocenters. The van der Waals surface area contributed by atoms with Gasteiger partial charge >= 0.3 is 0 Å². The van der Waals surface area contributed by atoms with E-state index in [1.165, 1.54) is 5.56 Å². The molecular weight excluding hydrogens is 446 g/mol. The third kappa shape index (κ3) is 5.89. The fraction of sp³-hybridized carbons (Fsp3) is 0.310. The first-order valence-corrected chi connectivity index (χ1v) is 12.4. The Balaban J connectivity index is 1.41. The Morgan fingerprint density at radius 3 is 2.42 bits per heavy atom. The molecule has 1 aliphatic rings. The van der Waals surface area contributed by atoms with Gasteiger partial charge in [-0.1, -0.05) is 24.3 Å². The van der Waals surface area contributed by atoms with Crippen molar-refractivity contribution in [3.63, 3.8) is 0 Å². The first kappa shape index (κ1) is 24.9. The lowest BCUT2D eigenvalue weighted by Gasteiger charge is -2.34. The van der Waals surface area contributed by atoms with Gasteiger partial charge < -0.3 is 16.0 Å². The van der Waals surface area contributed by atoms with Gasteiger partial charge in [0.1, 0.15) is 17.5 Å². The summed E-state index contributed by atoms with van der Waals surface area (Å²) in [7, 11) is 0. The third-order valence-corrected chi connectivity index (χ3v) is 6.55. The predicted molar refractivity (Wildman–Crippen MR) is 146 cm³/mol. The maximum absolute atomic E-state index is 9.02. The summed E-state index contributed by atoms with van der Waals surface area (Å²) in [5, 5.41) is 21.3. The van der Waals surface area contributed by atoms with E-state index in [1.54, 1.807) is 6.20 Å². The normalized spacial score (nSPS) is 14.5. The summed E-state index contributed by atoms with van der Waals surface area (Å²) >= 11 is 0. The van der Waals surface area contributed by atoms with Gasteiger partial charge in [-0.3, -0.25) is 10.4 Å². The van der Waals surface area contributed by atoms with Crippen LogP contribution in [0.3, 0.4) is 0 Å². The SMILES string of the molecule is Cc1ccc(C(=N)N2CCC(c3ccc(C#N)cc3)CC2)cc1Nc1ccc(C(N)=NC(C)C)cn1. The van der Waals surface area contributed by atoms with Crippen LogP contribution in [0.25, 0.3) is 0 Å². The minimum Gasteiger partial charge on any atom is -0.383 e. The number of piperidine rings is 1. The summed E-state index contributed by atoms with van der Waals surface area (Å²) in [6, 6.07) is 20.1. The molecule has 1 saturated heterocycles. The van der Waals surface area contributed by atoms with E-state index in [2.05, 4.69) is 38.4 Å². The third-order valence-electron chi connectivity index (χ3n) is 6.55. The van der Waals surface area contributed by atoms with E-state index in [0.717, 1.165) is 48.3 Å². The van der Waals surface area contributed by atoms with Gasteiger partial charge in [0.25, 0.3) is 0 Å². The highest BCUT2D eigenvalue weighted by Gasteiger charge is 2.23. The quantitative estimate of drug-likeness (QED) is 0.327. The number of rotatable bonds is 6. The summed E-state index contributed by atoms with van der Waals surface area (Å²) in [4.78, 5) is 11.0. The predicted octanol–water partition coefficient (Wildman–Crippen LogP) is 5.32. The number of likely N-dealkylation sites (tertiary alicyclic amines) is 1. The van der Waals surface area contributed by atoms with Crippen LogP contribution in [0.15, 0.2) is 65.8 Å². The molecule has 4 N–H and O–H groups in total. The summed E-state index contributed by atoms with van der Waals surface area (Å²) in [6.45, 7) is 7.69. The highest BCUT2D eigenvalue weighted by molar-refractivity contribution is 5.98. The topological polar surface area (TPSA) is 114 Å². The van der Waals surface area contributed by atoms with Crippen LogP contribution >= 0.6 is 0 Å². The molecule has 3 aromatic rings. The molecule has 0 radical (unpaired) electrons. The Morgan fingerprint density at radius 2 is 1.81 bits per heavy atom. The van der Waals surface area contributed by atoms with Crippen LogP contribution < -0.4 is 11.1 Å². The van der Waals surface area contributed by atoms with Crippen LogP contribution in [-0.2, 0) is 0 Å². The van der Waals surface area contributed by atoms with E-state index in [4.69, 9.17) is 16.4 Å². The Hall–Kier alpha value is -4.18. The van der Waals surface area contributed by atoms with Gasteiger partial charge in [0.05, 0.1) is 11.6 Å². The molecule has 0 bridgehead atoms. The fourth-order valence-electron chi connectivity index (χ4n) is 4.46. The van der Waals surface area contributed by atoms with Crippen molar-refractivity contribution in [1.29, 1.82) is 10.7 Å². The molecule has 2 aromatic carbocycles. The molecule has 36 heavy (non-hydrogen) atoms. The monoisotopic (exact) mass is 479 g/mol. The number of nitrogens with two attached hydrogens (primary N) is 1. The number of hydrogen-bond donors (Lipinski definition) is 3. The van der Waals surface area contributed by atoms with E-state index < -0.39 is 0 Å². The van der Waals surface area contributed by atoms with Crippen LogP contribution in [-0.4, -0.2) is 40.7 Å². The minimum atomic E-state index is 0.130. The first-order valence-electron chi connectivity index (χ1n) is 12.4.